The van der Waals surface area contributed by atoms with Gasteiger partial charge < -0.3 is 9.64 Å². The first-order valence-electron chi connectivity index (χ1n) is 8.65. The molecule has 0 aliphatic carbocycles. The van der Waals surface area contributed by atoms with Crippen LogP contribution >= 0.6 is 0 Å². The monoisotopic (exact) mass is 354 g/mol. The van der Waals surface area contributed by atoms with Crippen molar-refractivity contribution in [3.05, 3.63) is 29.6 Å². The number of benzene rings is 1. The maximum Gasteiger partial charge on any atom is 0.251 e. The highest BCUT2D eigenvalue weighted by Crippen LogP contribution is 2.47. The summed E-state index contributed by atoms with van der Waals surface area (Å²) in [5.41, 5.74) is 0.763. The van der Waals surface area contributed by atoms with Gasteiger partial charge in [0.1, 0.15) is 11.6 Å². The molecule has 1 aromatic rings. The van der Waals surface area contributed by atoms with Crippen LogP contribution in [0.15, 0.2) is 18.2 Å². The van der Waals surface area contributed by atoms with Gasteiger partial charge in [0.15, 0.2) is 0 Å². The van der Waals surface area contributed by atoms with E-state index in [2.05, 4.69) is 0 Å². The molecule has 0 saturated carbocycles. The minimum absolute atomic E-state index is 0.0837. The first-order chi connectivity index (χ1) is 11.9. The van der Waals surface area contributed by atoms with E-state index in [9.17, 15) is 18.0 Å². The number of alkyl halides is 2. The predicted molar refractivity (Wildman–Crippen MR) is 85.0 cm³/mol. The lowest BCUT2D eigenvalue weighted by atomic mass is 9.84. The first kappa shape index (κ1) is 16.7. The summed E-state index contributed by atoms with van der Waals surface area (Å²) < 4.78 is 46.1. The highest BCUT2D eigenvalue weighted by atomic mass is 19.3. The van der Waals surface area contributed by atoms with E-state index >= 15 is 0 Å². The molecule has 3 aliphatic rings. The number of piperidine rings is 1. The van der Waals surface area contributed by atoms with Gasteiger partial charge in [-0.15, -0.1) is 0 Å². The predicted octanol–water partition coefficient (Wildman–Crippen LogP) is 2.69. The van der Waals surface area contributed by atoms with E-state index in [0.29, 0.717) is 18.9 Å². The summed E-state index contributed by atoms with van der Waals surface area (Å²) in [6, 6.07) is 4.37. The molecule has 0 unspecified atom stereocenters. The number of nitrogens with zero attached hydrogens (tertiary/aromatic N) is 2. The summed E-state index contributed by atoms with van der Waals surface area (Å²) in [6.45, 7) is 1.10. The Morgan fingerprint density at radius 3 is 2.72 bits per heavy atom. The molecule has 4 rings (SSSR count). The molecule has 3 heterocycles. The average Bonchev–Trinajstić information content (AvgIpc) is 2.91. The standard InChI is InChI=1S/C18H21F3N2O2/c1-22-9-13(17(24)23-6-4-18(20,21)5-7-23)14-10-25-15-3-2-11(19)8-12(15)16(14)22/h2-3,8,13-14,16H,4-7,9-10H2,1H3/t13-,14+,16+/m1/s1. The van der Waals surface area contributed by atoms with Gasteiger partial charge in [-0.2, -0.15) is 0 Å². The molecule has 0 spiro atoms. The minimum Gasteiger partial charge on any atom is -0.493 e. The quantitative estimate of drug-likeness (QED) is 0.777. The Balaban J connectivity index is 1.55. The third-order valence-corrected chi connectivity index (χ3v) is 5.73. The third kappa shape index (κ3) is 2.88. The van der Waals surface area contributed by atoms with Crippen molar-refractivity contribution in [1.29, 1.82) is 0 Å². The van der Waals surface area contributed by atoms with E-state index in [1.807, 2.05) is 11.9 Å². The summed E-state index contributed by atoms with van der Waals surface area (Å²) in [7, 11) is 1.91. The lowest BCUT2D eigenvalue weighted by molar-refractivity contribution is -0.142. The van der Waals surface area contributed by atoms with Crippen LogP contribution in [0.2, 0.25) is 0 Å². The van der Waals surface area contributed by atoms with Crippen molar-refractivity contribution >= 4 is 5.91 Å². The number of ether oxygens (including phenoxy) is 1. The maximum absolute atomic E-state index is 13.7. The van der Waals surface area contributed by atoms with Crippen molar-refractivity contribution in [2.75, 3.05) is 33.3 Å². The molecule has 2 saturated heterocycles. The second-order valence-corrected chi connectivity index (χ2v) is 7.33. The number of hydrogen-bond acceptors (Lipinski definition) is 3. The van der Waals surface area contributed by atoms with Gasteiger partial charge in [0.25, 0.3) is 5.92 Å². The number of hydrogen-bond donors (Lipinski definition) is 0. The highest BCUT2D eigenvalue weighted by molar-refractivity contribution is 5.80. The smallest absolute Gasteiger partial charge is 0.251 e. The Bertz CT molecular complexity index is 687. The van der Waals surface area contributed by atoms with Crippen LogP contribution in [0.4, 0.5) is 13.2 Å². The molecule has 3 atom stereocenters. The van der Waals surface area contributed by atoms with E-state index in [1.54, 1.807) is 11.0 Å². The summed E-state index contributed by atoms with van der Waals surface area (Å²) in [5, 5.41) is 0. The number of carbonyl (C=O) groups is 1. The number of fused-ring (bicyclic) bond motifs is 3. The van der Waals surface area contributed by atoms with E-state index < -0.39 is 5.92 Å². The second kappa shape index (κ2) is 5.90. The fraction of sp³-hybridized carbons (Fsp3) is 0.611. The second-order valence-electron chi connectivity index (χ2n) is 7.33. The Morgan fingerprint density at radius 1 is 1.28 bits per heavy atom. The number of rotatable bonds is 1. The molecular weight excluding hydrogens is 333 g/mol. The molecular formula is C18H21F3N2O2. The SMILES string of the molecule is CN1C[C@@H](C(=O)N2CCC(F)(F)CC2)[C@@H]2COc3ccc(F)cc3[C@@H]21. The van der Waals surface area contributed by atoms with Gasteiger partial charge in [-0.3, -0.25) is 9.69 Å². The highest BCUT2D eigenvalue weighted by Gasteiger charge is 2.49. The molecule has 1 amide bonds. The largest absolute Gasteiger partial charge is 0.493 e. The molecule has 0 aromatic heterocycles. The zero-order valence-corrected chi connectivity index (χ0v) is 14.1. The summed E-state index contributed by atoms with van der Waals surface area (Å²) in [5.74, 6) is -2.83. The molecule has 0 N–H and O–H groups in total. The Kier molecular flexibility index (Phi) is 3.94. The molecule has 7 heteroatoms. The minimum atomic E-state index is -2.67. The Hall–Kier alpha value is -1.76. The zero-order valence-electron chi connectivity index (χ0n) is 14.1. The molecule has 1 aromatic carbocycles. The first-order valence-corrected chi connectivity index (χ1v) is 8.65. The van der Waals surface area contributed by atoms with E-state index in [-0.39, 0.29) is 55.5 Å². The van der Waals surface area contributed by atoms with Gasteiger partial charge in [-0.25, -0.2) is 13.2 Å². The molecule has 136 valence electrons. The van der Waals surface area contributed by atoms with Crippen molar-refractivity contribution in [3.8, 4) is 5.75 Å². The Morgan fingerprint density at radius 2 is 2.00 bits per heavy atom. The lowest BCUT2D eigenvalue weighted by Gasteiger charge is -2.36. The normalized spacial score (nSPS) is 31.2. The van der Waals surface area contributed by atoms with Crippen LogP contribution in [0.1, 0.15) is 24.4 Å². The molecule has 2 fully saturated rings. The summed E-state index contributed by atoms with van der Waals surface area (Å²) in [6.07, 6.45) is -0.556. The maximum atomic E-state index is 13.7. The van der Waals surface area contributed by atoms with E-state index in [0.717, 1.165) is 5.56 Å². The molecule has 25 heavy (non-hydrogen) atoms. The van der Waals surface area contributed by atoms with Crippen LogP contribution in [0.25, 0.3) is 0 Å². The molecule has 0 radical (unpaired) electrons. The van der Waals surface area contributed by atoms with Crippen molar-refractivity contribution in [2.45, 2.75) is 24.8 Å². The van der Waals surface area contributed by atoms with Crippen LogP contribution < -0.4 is 4.74 Å². The number of halogens is 3. The summed E-state index contributed by atoms with van der Waals surface area (Å²) in [4.78, 5) is 16.5. The van der Waals surface area contributed by atoms with Gasteiger partial charge in [0.2, 0.25) is 5.91 Å². The molecule has 3 aliphatic heterocycles. The topological polar surface area (TPSA) is 32.8 Å². The van der Waals surface area contributed by atoms with Crippen LogP contribution in [0, 0.1) is 17.7 Å². The Labute approximate surface area is 144 Å². The zero-order chi connectivity index (χ0) is 17.8. The van der Waals surface area contributed by atoms with E-state index in [4.69, 9.17) is 4.74 Å². The average molecular weight is 354 g/mol. The number of carbonyl (C=O) groups excluding carboxylic acids is 1. The van der Waals surface area contributed by atoms with Crippen molar-refractivity contribution in [1.82, 2.24) is 9.80 Å². The van der Waals surface area contributed by atoms with E-state index in [1.165, 1.54) is 12.1 Å². The summed E-state index contributed by atoms with van der Waals surface area (Å²) >= 11 is 0. The van der Waals surface area contributed by atoms with Gasteiger partial charge in [0.05, 0.1) is 12.5 Å². The van der Waals surface area contributed by atoms with Crippen LogP contribution in [-0.4, -0.2) is 54.9 Å². The van der Waals surface area contributed by atoms with Crippen LogP contribution in [0.3, 0.4) is 0 Å². The molecule has 0 bridgehead atoms. The number of amides is 1. The van der Waals surface area contributed by atoms with Gasteiger partial charge in [-0.05, 0) is 25.2 Å². The van der Waals surface area contributed by atoms with Crippen LogP contribution in [-0.2, 0) is 4.79 Å². The van der Waals surface area contributed by atoms with Gasteiger partial charge >= 0.3 is 0 Å². The third-order valence-electron chi connectivity index (χ3n) is 5.73. The lowest BCUT2D eigenvalue weighted by Crippen LogP contribution is -2.47. The fourth-order valence-corrected chi connectivity index (χ4v) is 4.40. The van der Waals surface area contributed by atoms with Crippen molar-refractivity contribution < 1.29 is 22.7 Å². The van der Waals surface area contributed by atoms with Gasteiger partial charge in [-0.1, -0.05) is 0 Å². The van der Waals surface area contributed by atoms with Crippen molar-refractivity contribution in [2.24, 2.45) is 11.8 Å². The molecule has 4 nitrogen and oxygen atoms in total. The fourth-order valence-electron chi connectivity index (χ4n) is 4.40. The van der Waals surface area contributed by atoms with Crippen LogP contribution in [0.5, 0.6) is 5.75 Å². The van der Waals surface area contributed by atoms with Crippen molar-refractivity contribution in [3.63, 3.8) is 0 Å². The van der Waals surface area contributed by atoms with Gasteiger partial charge in [0, 0.05) is 50.0 Å². The number of likely N-dealkylation sites (tertiary alicyclic amines) is 2.